The van der Waals surface area contributed by atoms with Gasteiger partial charge in [0.2, 0.25) is 0 Å². The lowest BCUT2D eigenvalue weighted by molar-refractivity contribution is -0.140. The molecule has 0 saturated carbocycles. The summed E-state index contributed by atoms with van der Waals surface area (Å²) in [7, 11) is 0. The molecule has 0 radical (unpaired) electrons. The Morgan fingerprint density at radius 2 is 2.29 bits per heavy atom. The smallest absolute Gasteiger partial charge is 0.302 e. The van der Waals surface area contributed by atoms with Gasteiger partial charge in [0, 0.05) is 13.3 Å². The molecule has 1 rings (SSSR count). The maximum absolute atomic E-state index is 12.9. The SMILES string of the molecule is CC(=O)OCCc1ccc(Cl)c(F)c1. The van der Waals surface area contributed by atoms with E-state index in [1.807, 2.05) is 0 Å². The van der Waals surface area contributed by atoms with Crippen molar-refractivity contribution in [2.75, 3.05) is 6.61 Å². The maximum Gasteiger partial charge on any atom is 0.302 e. The van der Waals surface area contributed by atoms with Gasteiger partial charge in [-0.15, -0.1) is 0 Å². The molecule has 0 aliphatic heterocycles. The van der Waals surface area contributed by atoms with Gasteiger partial charge in [-0.2, -0.15) is 0 Å². The molecule has 0 heterocycles. The highest BCUT2D eigenvalue weighted by atomic mass is 35.5. The lowest BCUT2D eigenvalue weighted by Gasteiger charge is -2.02. The van der Waals surface area contributed by atoms with Crippen molar-refractivity contribution in [3.63, 3.8) is 0 Å². The van der Waals surface area contributed by atoms with Gasteiger partial charge in [-0.3, -0.25) is 4.79 Å². The highest BCUT2D eigenvalue weighted by molar-refractivity contribution is 6.30. The zero-order valence-electron chi connectivity index (χ0n) is 7.72. The van der Waals surface area contributed by atoms with Gasteiger partial charge in [0.25, 0.3) is 0 Å². The van der Waals surface area contributed by atoms with Crippen LogP contribution in [0.1, 0.15) is 12.5 Å². The van der Waals surface area contributed by atoms with E-state index in [0.717, 1.165) is 5.56 Å². The summed E-state index contributed by atoms with van der Waals surface area (Å²) in [6.45, 7) is 1.60. The molecule has 0 saturated heterocycles. The molecule has 0 amide bonds. The van der Waals surface area contributed by atoms with Gasteiger partial charge in [0.1, 0.15) is 5.82 Å². The van der Waals surface area contributed by atoms with Crippen LogP contribution in [-0.2, 0) is 16.0 Å². The Morgan fingerprint density at radius 3 is 2.86 bits per heavy atom. The summed E-state index contributed by atoms with van der Waals surface area (Å²) in [4.78, 5) is 10.4. The first-order valence-electron chi connectivity index (χ1n) is 4.17. The van der Waals surface area contributed by atoms with Gasteiger partial charge < -0.3 is 4.74 Å². The number of hydrogen-bond acceptors (Lipinski definition) is 2. The molecule has 1 aromatic carbocycles. The van der Waals surface area contributed by atoms with Gasteiger partial charge in [-0.05, 0) is 17.7 Å². The number of esters is 1. The molecule has 0 unspecified atom stereocenters. The number of carbonyl (C=O) groups excluding carboxylic acids is 1. The fraction of sp³-hybridized carbons (Fsp3) is 0.300. The first kappa shape index (κ1) is 11.0. The Hall–Kier alpha value is -1.09. The molecule has 14 heavy (non-hydrogen) atoms. The Labute approximate surface area is 86.6 Å². The average molecular weight is 217 g/mol. The number of rotatable bonds is 3. The van der Waals surface area contributed by atoms with Gasteiger partial charge >= 0.3 is 5.97 Å². The molecule has 76 valence electrons. The van der Waals surface area contributed by atoms with E-state index in [9.17, 15) is 9.18 Å². The van der Waals surface area contributed by atoms with Crippen molar-refractivity contribution in [1.29, 1.82) is 0 Å². The zero-order valence-corrected chi connectivity index (χ0v) is 8.47. The van der Waals surface area contributed by atoms with Gasteiger partial charge in [-0.25, -0.2) is 4.39 Å². The Balaban J connectivity index is 2.51. The van der Waals surface area contributed by atoms with Crippen molar-refractivity contribution in [2.45, 2.75) is 13.3 Å². The third kappa shape index (κ3) is 3.34. The van der Waals surface area contributed by atoms with Crippen LogP contribution in [0.25, 0.3) is 0 Å². The van der Waals surface area contributed by atoms with E-state index in [0.29, 0.717) is 6.42 Å². The summed E-state index contributed by atoms with van der Waals surface area (Å²) in [5.74, 6) is -0.786. The fourth-order valence-corrected chi connectivity index (χ4v) is 1.13. The zero-order chi connectivity index (χ0) is 10.6. The van der Waals surface area contributed by atoms with E-state index in [-0.39, 0.29) is 17.6 Å². The van der Waals surface area contributed by atoms with Crippen molar-refractivity contribution >= 4 is 17.6 Å². The summed E-state index contributed by atoms with van der Waals surface area (Å²) in [6.07, 6.45) is 0.494. The highest BCUT2D eigenvalue weighted by Crippen LogP contribution is 2.15. The minimum absolute atomic E-state index is 0.0984. The predicted octanol–water partition coefficient (Wildman–Crippen LogP) is 2.58. The van der Waals surface area contributed by atoms with Crippen LogP contribution in [0.3, 0.4) is 0 Å². The number of hydrogen-bond donors (Lipinski definition) is 0. The van der Waals surface area contributed by atoms with Crippen molar-refractivity contribution in [3.05, 3.63) is 34.6 Å². The summed E-state index contributed by atoms with van der Waals surface area (Å²) in [6, 6.07) is 4.53. The van der Waals surface area contributed by atoms with Crippen LogP contribution in [0.5, 0.6) is 0 Å². The molecule has 0 fully saturated rings. The molecule has 0 aliphatic rings. The molecule has 0 aliphatic carbocycles. The van der Waals surface area contributed by atoms with Crippen molar-refractivity contribution in [2.24, 2.45) is 0 Å². The number of carbonyl (C=O) groups is 1. The average Bonchev–Trinajstić information content (AvgIpc) is 2.10. The Kier molecular flexibility index (Phi) is 3.89. The second-order valence-corrected chi connectivity index (χ2v) is 3.25. The molecule has 1 aromatic rings. The van der Waals surface area contributed by atoms with Crippen molar-refractivity contribution < 1.29 is 13.9 Å². The van der Waals surface area contributed by atoms with Gasteiger partial charge in [-0.1, -0.05) is 17.7 Å². The fourth-order valence-electron chi connectivity index (χ4n) is 1.01. The molecule has 2 nitrogen and oxygen atoms in total. The molecule has 0 bridgehead atoms. The van der Waals surface area contributed by atoms with Crippen LogP contribution in [0.4, 0.5) is 4.39 Å². The summed E-state index contributed by atoms with van der Waals surface area (Å²) >= 11 is 5.50. The van der Waals surface area contributed by atoms with Crippen LogP contribution in [0, 0.1) is 5.82 Å². The summed E-state index contributed by atoms with van der Waals surface area (Å²) in [5.41, 5.74) is 0.758. The van der Waals surface area contributed by atoms with Crippen LogP contribution >= 0.6 is 11.6 Å². The Bertz CT molecular complexity index is 339. The third-order valence-corrected chi connectivity index (χ3v) is 1.99. The van der Waals surface area contributed by atoms with Crippen LogP contribution in [0.2, 0.25) is 5.02 Å². The van der Waals surface area contributed by atoms with Crippen molar-refractivity contribution in [3.8, 4) is 0 Å². The molecule has 4 heteroatoms. The van der Waals surface area contributed by atoms with E-state index >= 15 is 0 Å². The standard InChI is InChI=1S/C10H10ClFO2/c1-7(13)14-5-4-8-2-3-9(11)10(12)6-8/h2-3,6H,4-5H2,1H3. The van der Waals surface area contributed by atoms with E-state index < -0.39 is 5.82 Å². The first-order valence-corrected chi connectivity index (χ1v) is 4.54. The van der Waals surface area contributed by atoms with E-state index in [1.165, 1.54) is 19.1 Å². The van der Waals surface area contributed by atoms with E-state index in [4.69, 9.17) is 16.3 Å². The van der Waals surface area contributed by atoms with Crippen LogP contribution in [0.15, 0.2) is 18.2 Å². The largest absolute Gasteiger partial charge is 0.466 e. The van der Waals surface area contributed by atoms with Crippen molar-refractivity contribution in [1.82, 2.24) is 0 Å². The minimum Gasteiger partial charge on any atom is -0.466 e. The monoisotopic (exact) mass is 216 g/mol. The quantitative estimate of drug-likeness (QED) is 0.726. The molecule has 0 atom stereocenters. The molecular formula is C10H10ClFO2. The molecule has 0 aromatic heterocycles. The lowest BCUT2D eigenvalue weighted by atomic mass is 10.1. The molecule has 0 spiro atoms. The topological polar surface area (TPSA) is 26.3 Å². The Morgan fingerprint density at radius 1 is 1.57 bits per heavy atom. The van der Waals surface area contributed by atoms with Crippen LogP contribution < -0.4 is 0 Å². The van der Waals surface area contributed by atoms with E-state index in [2.05, 4.69) is 0 Å². The number of halogens is 2. The molecular weight excluding hydrogens is 207 g/mol. The third-order valence-electron chi connectivity index (χ3n) is 1.68. The summed E-state index contributed by atoms with van der Waals surface area (Å²) < 4.78 is 17.6. The normalized spacial score (nSPS) is 9.93. The second-order valence-electron chi connectivity index (χ2n) is 2.84. The van der Waals surface area contributed by atoms with Gasteiger partial charge in [0.15, 0.2) is 0 Å². The lowest BCUT2D eigenvalue weighted by Crippen LogP contribution is -2.03. The minimum atomic E-state index is -0.452. The number of benzene rings is 1. The van der Waals surface area contributed by atoms with Crippen LogP contribution in [-0.4, -0.2) is 12.6 Å². The van der Waals surface area contributed by atoms with Gasteiger partial charge in [0.05, 0.1) is 11.6 Å². The summed E-state index contributed by atoms with van der Waals surface area (Å²) in [5, 5.41) is 0.0984. The highest BCUT2D eigenvalue weighted by Gasteiger charge is 2.01. The van der Waals surface area contributed by atoms with E-state index in [1.54, 1.807) is 6.07 Å². The number of ether oxygens (including phenoxy) is 1. The second kappa shape index (κ2) is 4.96. The first-order chi connectivity index (χ1) is 6.59. The maximum atomic E-state index is 12.9. The molecule has 0 N–H and O–H groups in total. The predicted molar refractivity (Wildman–Crippen MR) is 51.7 cm³/mol.